The summed E-state index contributed by atoms with van der Waals surface area (Å²) in [6.45, 7) is 0. The average molecular weight is 491 g/mol. The number of hydrogen-bond acceptors (Lipinski definition) is 1. The SMILES string of the molecule is O=C([B]C1CCCCCCCCC1)NC12CC(C3CCCC([B]C4CCCCCCC4)CCC3)(C1)C2. The summed E-state index contributed by atoms with van der Waals surface area (Å²) in [5.41, 5.74) is 0.778. The summed E-state index contributed by atoms with van der Waals surface area (Å²) < 4.78 is 0. The van der Waals surface area contributed by atoms with Crippen LogP contribution < -0.4 is 5.32 Å². The highest BCUT2D eigenvalue weighted by molar-refractivity contribution is 6.74. The first kappa shape index (κ1) is 27.2. The molecule has 1 amide bonds. The van der Waals surface area contributed by atoms with Crippen molar-refractivity contribution >= 4 is 20.4 Å². The van der Waals surface area contributed by atoms with Gasteiger partial charge in [-0.25, -0.2) is 0 Å². The molecule has 0 aromatic rings. The van der Waals surface area contributed by atoms with Gasteiger partial charge in [-0.15, -0.1) is 0 Å². The molecule has 6 fully saturated rings. The van der Waals surface area contributed by atoms with Crippen LogP contribution in [0.15, 0.2) is 0 Å². The van der Waals surface area contributed by atoms with Crippen LogP contribution in [0, 0.1) is 11.3 Å². The van der Waals surface area contributed by atoms with E-state index in [0.29, 0.717) is 11.2 Å². The van der Waals surface area contributed by atoms with Gasteiger partial charge in [-0.2, -0.15) is 0 Å². The maximum absolute atomic E-state index is 12.9. The van der Waals surface area contributed by atoms with Gasteiger partial charge in [-0.05, 0) is 43.4 Å². The molecule has 0 heterocycles. The highest BCUT2D eigenvalue weighted by Crippen LogP contribution is 2.72. The summed E-state index contributed by atoms with van der Waals surface area (Å²) in [7, 11) is 4.92. The van der Waals surface area contributed by atoms with Gasteiger partial charge < -0.3 is 5.32 Å². The second kappa shape index (κ2) is 13.1. The summed E-state index contributed by atoms with van der Waals surface area (Å²) in [4.78, 5) is 12.9. The summed E-state index contributed by atoms with van der Waals surface area (Å²) in [5, 5.41) is 3.52. The molecular weight excluding hydrogens is 436 g/mol. The molecule has 1 N–H and O–H groups in total. The Bertz CT molecular complexity index is 648. The lowest BCUT2D eigenvalue weighted by molar-refractivity contribution is -0.188. The van der Waals surface area contributed by atoms with Gasteiger partial charge in [-0.3, -0.25) is 4.79 Å². The van der Waals surface area contributed by atoms with Gasteiger partial charge in [-0.1, -0.05) is 146 Å². The summed E-state index contributed by atoms with van der Waals surface area (Å²) in [6.07, 6.45) is 34.8. The quantitative estimate of drug-likeness (QED) is 0.368. The lowest BCUT2D eigenvalue weighted by Gasteiger charge is -2.74. The van der Waals surface area contributed by atoms with Crippen LogP contribution in [0.25, 0.3) is 0 Å². The van der Waals surface area contributed by atoms with Crippen LogP contribution >= 0.6 is 0 Å². The second-order valence-electron chi connectivity index (χ2n) is 14.3. The molecule has 4 heteroatoms. The number of amides is 1. The van der Waals surface area contributed by atoms with E-state index < -0.39 is 0 Å². The fraction of sp³-hybridized carbons (Fsp3) is 0.969. The van der Waals surface area contributed by atoms with Gasteiger partial charge in [0.05, 0.1) is 0 Å². The van der Waals surface area contributed by atoms with E-state index in [2.05, 4.69) is 19.9 Å². The molecular formula is C32H55B2NO. The Morgan fingerprint density at radius 3 is 1.44 bits per heavy atom. The summed E-state index contributed by atoms with van der Waals surface area (Å²) in [5.74, 6) is 3.52. The standard InChI is InChI=1S/C32H55B2NO/c36-30(34-29-19-11-5-2-1-3-6-12-20-29)35-32-23-31(24-32,25-32)26-15-13-21-28(22-14-16-26)33-27-17-9-7-4-8-10-18-27/h26-29H,1-25H2,(H,35,36). The molecule has 6 rings (SSSR count). The van der Waals surface area contributed by atoms with Crippen LogP contribution in [-0.2, 0) is 0 Å². The highest BCUT2D eigenvalue weighted by Gasteiger charge is 2.70. The van der Waals surface area contributed by atoms with Crippen molar-refractivity contribution in [2.45, 2.75) is 184 Å². The predicted octanol–water partition coefficient (Wildman–Crippen LogP) is 9.63. The Morgan fingerprint density at radius 1 is 0.528 bits per heavy atom. The molecule has 0 saturated heterocycles. The van der Waals surface area contributed by atoms with Gasteiger partial charge in [0.2, 0.25) is 7.28 Å². The Balaban J connectivity index is 1.01. The third-order valence-electron chi connectivity index (χ3n) is 11.3. The molecule has 2 radical (unpaired) electrons. The Hall–Kier alpha value is -0.400. The van der Waals surface area contributed by atoms with E-state index in [4.69, 9.17) is 0 Å². The van der Waals surface area contributed by atoms with Crippen LogP contribution in [0.3, 0.4) is 0 Å². The number of nitrogens with one attached hydrogen (secondary N) is 1. The number of rotatable bonds is 6. The van der Waals surface area contributed by atoms with Crippen molar-refractivity contribution in [1.29, 1.82) is 0 Å². The molecule has 0 aromatic carbocycles. The van der Waals surface area contributed by atoms with Crippen molar-refractivity contribution in [3.8, 4) is 0 Å². The van der Waals surface area contributed by atoms with Gasteiger partial charge >= 0.3 is 0 Å². The van der Waals surface area contributed by atoms with Crippen LogP contribution in [0.1, 0.15) is 161 Å². The molecule has 0 aromatic heterocycles. The molecule has 0 spiro atoms. The van der Waals surface area contributed by atoms with Gasteiger partial charge in [0.15, 0.2) is 5.81 Å². The maximum atomic E-state index is 12.9. The fourth-order valence-electron chi connectivity index (χ4n) is 9.37. The zero-order valence-electron chi connectivity index (χ0n) is 23.6. The van der Waals surface area contributed by atoms with E-state index >= 15 is 0 Å². The number of carbonyl (C=O) groups is 1. The van der Waals surface area contributed by atoms with E-state index in [1.807, 2.05) is 0 Å². The summed E-state index contributed by atoms with van der Waals surface area (Å²) >= 11 is 0. The Kier molecular flexibility index (Phi) is 9.89. The van der Waals surface area contributed by atoms with Crippen molar-refractivity contribution in [3.63, 3.8) is 0 Å². The van der Waals surface area contributed by atoms with Crippen molar-refractivity contribution in [2.75, 3.05) is 0 Å². The van der Waals surface area contributed by atoms with Crippen LogP contribution in [-0.4, -0.2) is 25.9 Å². The van der Waals surface area contributed by atoms with Crippen molar-refractivity contribution < 1.29 is 4.79 Å². The molecule has 6 aliphatic rings. The molecule has 0 atom stereocenters. The largest absolute Gasteiger partial charge is 0.360 e. The number of hydrogen-bond donors (Lipinski definition) is 1. The maximum Gasteiger partial charge on any atom is 0.236 e. The third kappa shape index (κ3) is 7.16. The molecule has 2 nitrogen and oxygen atoms in total. The highest BCUT2D eigenvalue weighted by atomic mass is 16.1. The topological polar surface area (TPSA) is 29.1 Å². The lowest BCUT2D eigenvalue weighted by Crippen LogP contribution is -2.76. The van der Waals surface area contributed by atoms with Crippen molar-refractivity contribution in [3.05, 3.63) is 0 Å². The van der Waals surface area contributed by atoms with Gasteiger partial charge in [0, 0.05) is 5.54 Å². The average Bonchev–Trinajstić information content (AvgIpc) is 2.78. The van der Waals surface area contributed by atoms with Gasteiger partial charge in [0.1, 0.15) is 7.28 Å². The van der Waals surface area contributed by atoms with E-state index in [-0.39, 0.29) is 11.3 Å². The zero-order chi connectivity index (χ0) is 24.7. The van der Waals surface area contributed by atoms with Crippen LogP contribution in [0.5, 0.6) is 0 Å². The first-order valence-electron chi connectivity index (χ1n) is 16.7. The summed E-state index contributed by atoms with van der Waals surface area (Å²) in [6, 6.07) is 0. The first-order valence-corrected chi connectivity index (χ1v) is 16.7. The molecule has 0 unspecified atom stereocenters. The number of carbonyl (C=O) groups excluding carboxylic acids is 1. The molecule has 6 saturated carbocycles. The first-order chi connectivity index (χ1) is 17.6. The van der Waals surface area contributed by atoms with Crippen molar-refractivity contribution in [2.24, 2.45) is 11.3 Å². The molecule has 36 heavy (non-hydrogen) atoms. The minimum Gasteiger partial charge on any atom is -0.360 e. The minimum absolute atomic E-state index is 0.181. The Labute approximate surface area is 225 Å². The Morgan fingerprint density at radius 2 is 0.944 bits per heavy atom. The fourth-order valence-corrected chi connectivity index (χ4v) is 9.37. The van der Waals surface area contributed by atoms with E-state index in [1.165, 1.54) is 161 Å². The zero-order valence-corrected chi connectivity index (χ0v) is 23.6. The minimum atomic E-state index is 0.181. The predicted molar refractivity (Wildman–Crippen MR) is 155 cm³/mol. The van der Waals surface area contributed by atoms with E-state index in [1.54, 1.807) is 0 Å². The molecule has 6 aliphatic carbocycles. The van der Waals surface area contributed by atoms with E-state index in [0.717, 1.165) is 17.6 Å². The normalized spacial score (nSPS) is 37.6. The van der Waals surface area contributed by atoms with Crippen LogP contribution in [0.2, 0.25) is 17.5 Å². The van der Waals surface area contributed by atoms with Crippen LogP contribution in [0.4, 0.5) is 4.79 Å². The third-order valence-corrected chi connectivity index (χ3v) is 11.3. The molecule has 200 valence electrons. The second-order valence-corrected chi connectivity index (χ2v) is 14.3. The van der Waals surface area contributed by atoms with E-state index in [9.17, 15) is 4.79 Å². The van der Waals surface area contributed by atoms with Gasteiger partial charge in [0.25, 0.3) is 0 Å². The van der Waals surface area contributed by atoms with Crippen molar-refractivity contribution in [1.82, 2.24) is 5.32 Å². The lowest BCUT2D eigenvalue weighted by atomic mass is 9.34. The molecule has 0 aliphatic heterocycles. The molecule has 2 bridgehead atoms. The monoisotopic (exact) mass is 491 g/mol. The smallest absolute Gasteiger partial charge is 0.236 e.